The van der Waals surface area contributed by atoms with Crippen molar-refractivity contribution in [2.45, 2.75) is 49.9 Å². The van der Waals surface area contributed by atoms with E-state index in [1.165, 1.54) is 49.4 Å². The van der Waals surface area contributed by atoms with E-state index in [0.29, 0.717) is 12.5 Å². The second kappa shape index (κ2) is 11.1. The molecule has 1 aliphatic carbocycles. The first-order valence-corrected chi connectivity index (χ1v) is 12.2. The van der Waals surface area contributed by atoms with Gasteiger partial charge in [0.15, 0.2) is 0 Å². The largest absolute Gasteiger partial charge is 0.469 e. The number of rotatable bonds is 7. The lowest BCUT2D eigenvalue weighted by molar-refractivity contribution is -0.140. The fourth-order valence-electron chi connectivity index (χ4n) is 4.02. The highest BCUT2D eigenvalue weighted by atomic mass is 32.2. The van der Waals surface area contributed by atoms with Crippen LogP contribution < -0.4 is 5.32 Å². The third-order valence-corrected chi connectivity index (χ3v) is 7.16. The number of aliphatic imine (C=N–C) groups is 1. The fraction of sp³-hybridized carbons (Fsp3) is 0.524. The molecule has 1 aliphatic heterocycles. The van der Waals surface area contributed by atoms with E-state index in [1.54, 1.807) is 11.8 Å². The fourth-order valence-corrected chi connectivity index (χ4v) is 5.55. The predicted molar refractivity (Wildman–Crippen MR) is 128 cm³/mol. The number of anilines is 1. The van der Waals surface area contributed by atoms with Gasteiger partial charge in [0.25, 0.3) is 0 Å². The molecule has 7 nitrogen and oxygen atoms in total. The summed E-state index contributed by atoms with van der Waals surface area (Å²) in [4.78, 5) is 19.9. The Morgan fingerprint density at radius 3 is 2.77 bits per heavy atom. The molecule has 166 valence electrons. The summed E-state index contributed by atoms with van der Waals surface area (Å²) in [6.07, 6.45) is 7.62. The summed E-state index contributed by atoms with van der Waals surface area (Å²) < 4.78 is 4.78. The first-order valence-electron chi connectivity index (χ1n) is 9.85. The third kappa shape index (κ3) is 5.51. The lowest BCUT2D eigenvalue weighted by atomic mass is 10.1. The van der Waals surface area contributed by atoms with E-state index in [0.717, 1.165) is 27.8 Å². The van der Waals surface area contributed by atoms with E-state index in [4.69, 9.17) is 9.73 Å². The Morgan fingerprint density at radius 2 is 2.07 bits per heavy atom. The minimum Gasteiger partial charge on any atom is -0.469 e. The molecule has 1 aromatic heterocycles. The lowest BCUT2D eigenvalue weighted by Crippen LogP contribution is -2.14. The number of methoxy groups -OCH3 is 1. The van der Waals surface area contributed by atoms with Crippen LogP contribution in [0.25, 0.3) is 10.9 Å². The van der Waals surface area contributed by atoms with Crippen LogP contribution in [-0.2, 0) is 15.3 Å². The average Bonchev–Trinajstić information content (AvgIpc) is 3.42. The van der Waals surface area contributed by atoms with Crippen LogP contribution in [-0.4, -0.2) is 58.2 Å². The highest BCUT2D eigenvalue weighted by molar-refractivity contribution is 8.14. The average molecular weight is 454 g/mol. The van der Waals surface area contributed by atoms with Crippen molar-refractivity contribution in [2.75, 3.05) is 24.4 Å². The Labute approximate surface area is 185 Å². The number of carbonyl (C=O) groups is 1. The van der Waals surface area contributed by atoms with Gasteiger partial charge < -0.3 is 26.0 Å². The summed E-state index contributed by atoms with van der Waals surface area (Å²) in [5.74, 6) is 1.63. The normalized spacial score (nSPS) is 18.6. The number of aromatic nitrogens is 1. The van der Waals surface area contributed by atoms with Crippen LogP contribution in [0.2, 0.25) is 0 Å². The molecule has 4 rings (SSSR count). The zero-order valence-corrected chi connectivity index (χ0v) is 19.0. The van der Waals surface area contributed by atoms with Crippen LogP contribution in [0.3, 0.4) is 0 Å². The van der Waals surface area contributed by atoms with Gasteiger partial charge in [-0.3, -0.25) is 9.79 Å². The Hall–Kier alpha value is -1.68. The Balaban J connectivity index is 0.00000160. The van der Waals surface area contributed by atoms with Gasteiger partial charge in [0, 0.05) is 22.9 Å². The van der Waals surface area contributed by atoms with Crippen molar-refractivity contribution in [3.05, 3.63) is 29.5 Å². The van der Waals surface area contributed by atoms with Crippen LogP contribution in [0.15, 0.2) is 23.2 Å². The SMILES string of the molecule is COC(=O)C[C@@H]1CSC(c2cc3cc(CSC)cc(NC4CCCC4)c3[nH]2)=N1.O.O. The van der Waals surface area contributed by atoms with Gasteiger partial charge in [-0.15, -0.1) is 11.8 Å². The minimum absolute atomic E-state index is 0. The topological polar surface area (TPSA) is 129 Å². The van der Waals surface area contributed by atoms with Crippen molar-refractivity contribution in [1.82, 2.24) is 4.98 Å². The molecule has 0 radical (unpaired) electrons. The molecule has 2 aromatic rings. The van der Waals surface area contributed by atoms with Crippen LogP contribution >= 0.6 is 23.5 Å². The predicted octanol–water partition coefficient (Wildman–Crippen LogP) is 3.16. The molecule has 9 heteroatoms. The van der Waals surface area contributed by atoms with Crippen molar-refractivity contribution in [1.29, 1.82) is 0 Å². The highest BCUT2D eigenvalue weighted by Crippen LogP contribution is 2.33. The van der Waals surface area contributed by atoms with Crippen molar-refractivity contribution in [3.63, 3.8) is 0 Å². The van der Waals surface area contributed by atoms with E-state index < -0.39 is 0 Å². The standard InChI is InChI=1S/C21H27N3O2S2.2H2O/c1-26-19(25)10-16-12-28-21(23-16)18-9-14-7-13(11-27-2)8-17(20(14)24-18)22-15-5-3-4-6-15;;/h7-9,15-16,22,24H,3-6,10-12H2,1-2H3;2*1H2/t16-;;/m1../s1. The van der Waals surface area contributed by atoms with Crippen molar-refractivity contribution in [2.24, 2.45) is 4.99 Å². The summed E-state index contributed by atoms with van der Waals surface area (Å²) in [6, 6.07) is 7.34. The first kappa shape index (κ1) is 24.6. The molecule has 0 spiro atoms. The summed E-state index contributed by atoms with van der Waals surface area (Å²) in [7, 11) is 1.43. The number of benzene rings is 1. The van der Waals surface area contributed by atoms with Gasteiger partial charge in [-0.2, -0.15) is 11.8 Å². The number of esters is 1. The maximum absolute atomic E-state index is 11.5. The summed E-state index contributed by atoms with van der Waals surface area (Å²) in [5.41, 5.74) is 4.75. The van der Waals surface area contributed by atoms with E-state index in [9.17, 15) is 4.79 Å². The Morgan fingerprint density at radius 1 is 1.30 bits per heavy atom. The number of nitrogens with one attached hydrogen (secondary N) is 2. The zero-order chi connectivity index (χ0) is 19.5. The minimum atomic E-state index is -0.197. The van der Waals surface area contributed by atoms with Crippen LogP contribution in [0.5, 0.6) is 0 Å². The van der Waals surface area contributed by atoms with E-state index in [1.807, 2.05) is 11.8 Å². The summed E-state index contributed by atoms with van der Waals surface area (Å²) in [6.45, 7) is 0. The molecule has 6 N–H and O–H groups in total. The number of nitrogens with zero attached hydrogens (tertiary/aromatic N) is 1. The highest BCUT2D eigenvalue weighted by Gasteiger charge is 2.24. The molecule has 0 unspecified atom stereocenters. The molecule has 2 aliphatic rings. The van der Waals surface area contributed by atoms with Crippen LogP contribution in [0, 0.1) is 0 Å². The maximum atomic E-state index is 11.5. The number of thioether (sulfide) groups is 2. The molecule has 1 atom stereocenters. The van der Waals surface area contributed by atoms with Gasteiger partial charge in [0.1, 0.15) is 5.04 Å². The molecule has 0 amide bonds. The van der Waals surface area contributed by atoms with Gasteiger partial charge in [0.2, 0.25) is 0 Å². The monoisotopic (exact) mass is 453 g/mol. The summed E-state index contributed by atoms with van der Waals surface area (Å²) in [5, 5.41) is 5.99. The molecule has 1 fully saturated rings. The molecule has 0 saturated heterocycles. The van der Waals surface area contributed by atoms with Crippen molar-refractivity contribution >= 4 is 51.1 Å². The second-order valence-electron chi connectivity index (χ2n) is 7.53. The van der Waals surface area contributed by atoms with Gasteiger partial charge in [-0.1, -0.05) is 12.8 Å². The summed E-state index contributed by atoms with van der Waals surface area (Å²) >= 11 is 3.56. The molecule has 1 aromatic carbocycles. The number of hydrogen-bond donors (Lipinski definition) is 2. The Kier molecular flexibility index (Phi) is 9.09. The maximum Gasteiger partial charge on any atom is 0.307 e. The number of aromatic amines is 1. The smallest absolute Gasteiger partial charge is 0.307 e. The first-order chi connectivity index (χ1) is 13.7. The zero-order valence-electron chi connectivity index (χ0n) is 17.4. The van der Waals surface area contributed by atoms with E-state index in [-0.39, 0.29) is 23.0 Å². The number of carbonyl (C=O) groups excluding carboxylic acids is 1. The van der Waals surface area contributed by atoms with Gasteiger partial charge in [-0.25, -0.2) is 0 Å². The Bertz CT molecular complexity index is 894. The number of hydrogen-bond acceptors (Lipinski definition) is 6. The van der Waals surface area contributed by atoms with Gasteiger partial charge in [0.05, 0.1) is 36.5 Å². The van der Waals surface area contributed by atoms with Crippen LogP contribution in [0.1, 0.15) is 43.4 Å². The van der Waals surface area contributed by atoms with E-state index >= 15 is 0 Å². The quantitative estimate of drug-likeness (QED) is 0.622. The lowest BCUT2D eigenvalue weighted by Gasteiger charge is -2.15. The van der Waals surface area contributed by atoms with Crippen LogP contribution in [0.4, 0.5) is 5.69 Å². The van der Waals surface area contributed by atoms with Gasteiger partial charge >= 0.3 is 5.97 Å². The number of H-pyrrole nitrogens is 1. The second-order valence-corrected chi connectivity index (χ2v) is 9.40. The molecular weight excluding hydrogens is 422 g/mol. The molecule has 1 saturated carbocycles. The van der Waals surface area contributed by atoms with Crippen molar-refractivity contribution in [3.8, 4) is 0 Å². The van der Waals surface area contributed by atoms with E-state index in [2.05, 4.69) is 34.8 Å². The van der Waals surface area contributed by atoms with Gasteiger partial charge in [-0.05, 0) is 42.9 Å². The molecule has 30 heavy (non-hydrogen) atoms. The molecule has 2 heterocycles. The number of fused-ring (bicyclic) bond motifs is 1. The molecular formula is C21H31N3O4S2. The third-order valence-electron chi connectivity index (χ3n) is 5.39. The number of ether oxygens (including phenoxy) is 1. The van der Waals surface area contributed by atoms with Crippen molar-refractivity contribution < 1.29 is 20.5 Å². The molecule has 0 bridgehead atoms.